The molecule has 114 valence electrons. The number of aliphatic imine (C=N–C) groups is 1. The maximum Gasteiger partial charge on any atom is 0.337 e. The number of carbonyl (C=O) groups excluding carboxylic acids is 1. The molecular weight excluding hydrogens is 461 g/mol. The molecule has 0 aromatic heterocycles. The molecule has 0 atom stereocenters. The third-order valence-corrected chi connectivity index (χ3v) is 4.30. The zero-order valence-corrected chi connectivity index (χ0v) is 15.7. The van der Waals surface area contributed by atoms with Crippen LogP contribution in [0.25, 0.3) is 0 Å². The molecule has 0 aliphatic carbocycles. The topological polar surface area (TPSA) is 58.9 Å². The van der Waals surface area contributed by atoms with E-state index in [1.54, 1.807) is 30.5 Å². The van der Waals surface area contributed by atoms with Gasteiger partial charge in [-0.1, -0.05) is 15.9 Å². The average molecular weight is 474 g/mol. The highest BCUT2D eigenvalue weighted by Crippen LogP contribution is 2.28. The first-order valence-corrected chi connectivity index (χ1v) is 8.20. The monoisotopic (exact) mass is 473 g/mol. The summed E-state index contributed by atoms with van der Waals surface area (Å²) < 4.78 is 6.30. The van der Waals surface area contributed by atoms with Crippen molar-refractivity contribution in [1.82, 2.24) is 0 Å². The minimum Gasteiger partial charge on any atom is -0.506 e. The van der Waals surface area contributed by atoms with E-state index in [-0.39, 0.29) is 11.7 Å². The lowest BCUT2D eigenvalue weighted by atomic mass is 10.1. The Balaban J connectivity index is 2.33. The van der Waals surface area contributed by atoms with Gasteiger partial charge in [-0.3, -0.25) is 4.99 Å². The molecule has 2 aromatic rings. The van der Waals surface area contributed by atoms with Crippen LogP contribution in [0, 0.1) is 10.5 Å². The van der Waals surface area contributed by atoms with Crippen molar-refractivity contribution >= 4 is 56.4 Å². The van der Waals surface area contributed by atoms with Gasteiger partial charge in [0.15, 0.2) is 0 Å². The van der Waals surface area contributed by atoms with Crippen LogP contribution in [0.3, 0.4) is 0 Å². The van der Waals surface area contributed by atoms with Gasteiger partial charge in [-0.15, -0.1) is 0 Å². The number of methoxy groups -OCH3 is 1. The van der Waals surface area contributed by atoms with Gasteiger partial charge in [-0.25, -0.2) is 4.79 Å². The summed E-state index contributed by atoms with van der Waals surface area (Å²) in [6.45, 7) is 1.86. The standard InChI is InChI=1S/C16H13BrINO3/c1-9-5-10(16(21)22-2)3-4-14(9)19-8-11-6-12(17)7-13(18)15(11)20/h3-8,20H,1-2H3. The second-order valence-electron chi connectivity index (χ2n) is 4.58. The Kier molecular flexibility index (Phi) is 5.57. The van der Waals surface area contributed by atoms with Crippen LogP contribution in [0.4, 0.5) is 5.69 Å². The molecule has 0 radical (unpaired) electrons. The number of ether oxygens (including phenoxy) is 1. The zero-order chi connectivity index (χ0) is 16.3. The number of carbonyl (C=O) groups is 1. The number of hydrogen-bond donors (Lipinski definition) is 1. The molecule has 0 unspecified atom stereocenters. The van der Waals surface area contributed by atoms with Gasteiger partial charge in [0, 0.05) is 16.3 Å². The number of phenolic OH excluding ortho intramolecular Hbond substituents is 1. The summed E-state index contributed by atoms with van der Waals surface area (Å²) in [4.78, 5) is 15.9. The molecule has 22 heavy (non-hydrogen) atoms. The minimum absolute atomic E-state index is 0.191. The first-order valence-electron chi connectivity index (χ1n) is 6.33. The number of halogens is 2. The van der Waals surface area contributed by atoms with E-state index in [2.05, 4.69) is 48.3 Å². The Bertz CT molecular complexity index is 759. The quantitative estimate of drug-likeness (QED) is 0.402. The van der Waals surface area contributed by atoms with E-state index in [4.69, 9.17) is 0 Å². The summed E-state index contributed by atoms with van der Waals surface area (Å²) in [7, 11) is 1.35. The van der Waals surface area contributed by atoms with Crippen molar-refractivity contribution in [3.05, 3.63) is 55.1 Å². The lowest BCUT2D eigenvalue weighted by molar-refractivity contribution is 0.0600. The highest BCUT2D eigenvalue weighted by molar-refractivity contribution is 14.1. The number of aryl methyl sites for hydroxylation is 1. The fourth-order valence-corrected chi connectivity index (χ4v) is 3.42. The van der Waals surface area contributed by atoms with E-state index in [1.807, 2.05) is 13.0 Å². The Hall–Kier alpha value is -1.41. The highest BCUT2D eigenvalue weighted by Gasteiger charge is 2.08. The molecule has 0 heterocycles. The Morgan fingerprint density at radius 1 is 1.36 bits per heavy atom. The molecule has 2 rings (SSSR count). The summed E-state index contributed by atoms with van der Waals surface area (Å²) in [6, 6.07) is 8.75. The fourth-order valence-electron chi connectivity index (χ4n) is 1.87. The van der Waals surface area contributed by atoms with Crippen LogP contribution >= 0.6 is 38.5 Å². The van der Waals surface area contributed by atoms with Crippen LogP contribution < -0.4 is 0 Å². The van der Waals surface area contributed by atoms with Crippen molar-refractivity contribution in [3.63, 3.8) is 0 Å². The molecule has 0 aliphatic rings. The number of rotatable bonds is 3. The van der Waals surface area contributed by atoms with Gasteiger partial charge >= 0.3 is 5.97 Å². The van der Waals surface area contributed by atoms with Crippen LogP contribution in [0.2, 0.25) is 0 Å². The summed E-state index contributed by atoms with van der Waals surface area (Å²) in [5.74, 6) is -0.186. The highest BCUT2D eigenvalue weighted by atomic mass is 127. The van der Waals surface area contributed by atoms with Crippen LogP contribution in [0.1, 0.15) is 21.5 Å². The molecule has 0 spiro atoms. The number of aromatic hydroxyl groups is 1. The third kappa shape index (κ3) is 3.86. The number of nitrogens with zero attached hydrogens (tertiary/aromatic N) is 1. The number of esters is 1. The molecule has 0 amide bonds. The van der Waals surface area contributed by atoms with Crippen LogP contribution in [-0.2, 0) is 4.74 Å². The molecule has 0 saturated heterocycles. The molecule has 0 aliphatic heterocycles. The predicted molar refractivity (Wildman–Crippen MR) is 98.3 cm³/mol. The van der Waals surface area contributed by atoms with Gasteiger partial charge in [0.25, 0.3) is 0 Å². The molecular formula is C16H13BrINO3. The third-order valence-electron chi connectivity index (χ3n) is 3.02. The number of hydrogen-bond acceptors (Lipinski definition) is 4. The van der Waals surface area contributed by atoms with E-state index in [0.29, 0.717) is 11.1 Å². The van der Waals surface area contributed by atoms with Gasteiger partial charge in [-0.2, -0.15) is 0 Å². The normalized spacial score (nSPS) is 10.9. The summed E-state index contributed by atoms with van der Waals surface area (Å²) >= 11 is 5.45. The summed E-state index contributed by atoms with van der Waals surface area (Å²) in [5, 5.41) is 10.0. The fraction of sp³-hybridized carbons (Fsp3) is 0.125. The van der Waals surface area contributed by atoms with E-state index in [0.717, 1.165) is 19.3 Å². The van der Waals surface area contributed by atoms with E-state index < -0.39 is 0 Å². The van der Waals surface area contributed by atoms with Gasteiger partial charge < -0.3 is 9.84 Å². The van der Waals surface area contributed by atoms with E-state index >= 15 is 0 Å². The maximum absolute atomic E-state index is 11.5. The summed E-state index contributed by atoms with van der Waals surface area (Å²) in [5.41, 5.74) is 2.68. The lowest BCUT2D eigenvalue weighted by Crippen LogP contribution is -2.00. The minimum atomic E-state index is -0.377. The number of benzene rings is 2. The Morgan fingerprint density at radius 3 is 2.73 bits per heavy atom. The van der Waals surface area contributed by atoms with Crippen LogP contribution in [-0.4, -0.2) is 24.4 Å². The van der Waals surface area contributed by atoms with Crippen molar-refractivity contribution in [2.45, 2.75) is 6.92 Å². The van der Waals surface area contributed by atoms with Gasteiger partial charge in [-0.05, 0) is 65.4 Å². The molecule has 0 saturated carbocycles. The zero-order valence-electron chi connectivity index (χ0n) is 11.9. The summed E-state index contributed by atoms with van der Waals surface area (Å²) in [6.07, 6.45) is 1.60. The van der Waals surface area contributed by atoms with Crippen molar-refractivity contribution in [2.24, 2.45) is 4.99 Å². The van der Waals surface area contributed by atoms with Crippen molar-refractivity contribution in [1.29, 1.82) is 0 Å². The molecule has 0 bridgehead atoms. The molecule has 2 aromatic carbocycles. The van der Waals surface area contributed by atoms with Crippen LogP contribution in [0.5, 0.6) is 5.75 Å². The molecule has 1 N–H and O–H groups in total. The van der Waals surface area contributed by atoms with Crippen molar-refractivity contribution < 1.29 is 14.6 Å². The second-order valence-corrected chi connectivity index (χ2v) is 6.65. The largest absolute Gasteiger partial charge is 0.506 e. The first kappa shape index (κ1) is 17.0. The SMILES string of the molecule is COC(=O)c1ccc(N=Cc2cc(Br)cc(I)c2O)c(C)c1. The van der Waals surface area contributed by atoms with Crippen molar-refractivity contribution in [2.75, 3.05) is 7.11 Å². The predicted octanol–water partition coefficient (Wildman–Crippen LogP) is 4.60. The van der Waals surface area contributed by atoms with Gasteiger partial charge in [0.05, 0.1) is 21.9 Å². The van der Waals surface area contributed by atoms with E-state index in [1.165, 1.54) is 7.11 Å². The number of phenols is 1. The van der Waals surface area contributed by atoms with Gasteiger partial charge in [0.1, 0.15) is 5.75 Å². The molecule has 6 heteroatoms. The van der Waals surface area contributed by atoms with E-state index in [9.17, 15) is 9.90 Å². The van der Waals surface area contributed by atoms with Gasteiger partial charge in [0.2, 0.25) is 0 Å². The Morgan fingerprint density at radius 2 is 2.09 bits per heavy atom. The average Bonchev–Trinajstić information content (AvgIpc) is 2.49. The Labute approximate surface area is 150 Å². The van der Waals surface area contributed by atoms with Crippen molar-refractivity contribution in [3.8, 4) is 5.75 Å². The molecule has 0 fully saturated rings. The second kappa shape index (κ2) is 7.23. The lowest BCUT2D eigenvalue weighted by Gasteiger charge is -2.05. The smallest absolute Gasteiger partial charge is 0.337 e. The maximum atomic E-state index is 11.5. The van der Waals surface area contributed by atoms with Crippen LogP contribution in [0.15, 0.2) is 39.8 Å². The first-order chi connectivity index (χ1) is 10.4. The molecule has 4 nitrogen and oxygen atoms in total.